The van der Waals surface area contributed by atoms with Crippen LogP contribution in [0.4, 0.5) is 5.82 Å². The zero-order chi connectivity index (χ0) is 11.1. The van der Waals surface area contributed by atoms with Crippen LogP contribution in [0.1, 0.15) is 18.9 Å². The Balaban J connectivity index is 1.99. The molecule has 1 aliphatic rings. The van der Waals surface area contributed by atoms with E-state index in [1.54, 1.807) is 13.3 Å². The maximum absolute atomic E-state index is 6.07. The van der Waals surface area contributed by atoms with Crippen molar-refractivity contribution in [3.05, 3.63) is 12.3 Å². The third-order valence-electron chi connectivity index (χ3n) is 2.69. The zero-order valence-corrected chi connectivity index (χ0v) is 9.70. The van der Waals surface area contributed by atoms with Crippen LogP contribution >= 0.6 is 11.5 Å². The molecule has 0 aromatic carbocycles. The number of nitrogens with zero attached hydrogens (tertiary/aromatic N) is 3. The van der Waals surface area contributed by atoms with Gasteiger partial charge in [0.15, 0.2) is 0 Å². The summed E-state index contributed by atoms with van der Waals surface area (Å²) in [6.07, 6.45) is 4.16. The summed E-state index contributed by atoms with van der Waals surface area (Å²) in [5.41, 5.74) is 7.02. The van der Waals surface area contributed by atoms with E-state index in [0.717, 1.165) is 16.3 Å². The summed E-state index contributed by atoms with van der Waals surface area (Å²) < 4.78 is 11.1. The van der Waals surface area contributed by atoms with Crippen LogP contribution in [-0.2, 0) is 0 Å². The smallest absolute Gasteiger partial charge is 0.225 e. The molecular formula is C10H12N4OS. The Morgan fingerprint density at radius 3 is 3.00 bits per heavy atom. The number of nitrogen functional groups attached to an aromatic ring is 1. The fraction of sp³-hybridized carbons (Fsp3) is 0.400. The number of rotatable bonds is 3. The monoisotopic (exact) mass is 236 g/mol. The molecular weight excluding hydrogens is 224 g/mol. The molecule has 16 heavy (non-hydrogen) atoms. The van der Waals surface area contributed by atoms with E-state index in [4.69, 9.17) is 10.5 Å². The number of ether oxygens (including phenoxy) is 1. The highest BCUT2D eigenvalue weighted by atomic mass is 32.1. The van der Waals surface area contributed by atoms with Gasteiger partial charge in [-0.15, -0.1) is 0 Å². The average molecular weight is 236 g/mol. The zero-order valence-electron chi connectivity index (χ0n) is 8.88. The van der Waals surface area contributed by atoms with Crippen molar-refractivity contribution in [1.29, 1.82) is 0 Å². The van der Waals surface area contributed by atoms with E-state index in [1.807, 2.05) is 10.7 Å². The van der Waals surface area contributed by atoms with Gasteiger partial charge in [0.05, 0.1) is 29.8 Å². The summed E-state index contributed by atoms with van der Waals surface area (Å²) in [5.74, 6) is 1.35. The normalized spacial score (nSPS) is 15.3. The fourth-order valence-corrected chi connectivity index (χ4v) is 2.38. The predicted molar refractivity (Wildman–Crippen MR) is 62.6 cm³/mol. The van der Waals surface area contributed by atoms with Crippen molar-refractivity contribution in [2.45, 2.75) is 18.9 Å². The summed E-state index contributed by atoms with van der Waals surface area (Å²) >= 11 is 1.38. The van der Waals surface area contributed by atoms with Gasteiger partial charge in [0, 0.05) is 6.07 Å². The Kier molecular flexibility index (Phi) is 2.10. The first-order valence-electron chi connectivity index (χ1n) is 5.13. The lowest BCUT2D eigenvalue weighted by Crippen LogP contribution is -2.01. The van der Waals surface area contributed by atoms with Crippen molar-refractivity contribution >= 4 is 17.4 Å². The van der Waals surface area contributed by atoms with E-state index in [9.17, 15) is 0 Å². The van der Waals surface area contributed by atoms with Crippen LogP contribution in [0.2, 0.25) is 0 Å². The molecule has 0 radical (unpaired) electrons. The average Bonchev–Trinajstić information content (AvgIpc) is 2.89. The van der Waals surface area contributed by atoms with Gasteiger partial charge in [-0.1, -0.05) is 0 Å². The van der Waals surface area contributed by atoms with E-state index < -0.39 is 0 Å². The largest absolute Gasteiger partial charge is 0.480 e. The van der Waals surface area contributed by atoms with Gasteiger partial charge in [-0.05, 0) is 24.4 Å². The molecule has 0 unspecified atom stereocenters. The molecule has 0 saturated heterocycles. The topological polar surface area (TPSA) is 66.0 Å². The van der Waals surface area contributed by atoms with Gasteiger partial charge in [0.25, 0.3) is 0 Å². The van der Waals surface area contributed by atoms with Gasteiger partial charge in [-0.25, -0.2) is 4.68 Å². The molecule has 5 nitrogen and oxygen atoms in total. The second-order valence-corrected chi connectivity index (χ2v) is 4.66. The fourth-order valence-electron chi connectivity index (χ4n) is 1.65. The number of hydrogen-bond donors (Lipinski definition) is 1. The highest BCUT2D eigenvalue weighted by Gasteiger charge is 2.27. The molecule has 84 valence electrons. The lowest BCUT2D eigenvalue weighted by Gasteiger charge is -2.00. The third-order valence-corrected chi connectivity index (χ3v) is 3.50. The van der Waals surface area contributed by atoms with Gasteiger partial charge >= 0.3 is 0 Å². The van der Waals surface area contributed by atoms with Crippen LogP contribution in [-0.4, -0.2) is 21.3 Å². The Labute approximate surface area is 97.0 Å². The maximum Gasteiger partial charge on any atom is 0.225 e. The van der Waals surface area contributed by atoms with Crippen molar-refractivity contribution in [2.24, 2.45) is 0 Å². The molecule has 2 aromatic heterocycles. The lowest BCUT2D eigenvalue weighted by molar-refractivity contribution is 0.403. The number of hydrogen-bond acceptors (Lipinski definition) is 5. The second kappa shape index (κ2) is 3.48. The van der Waals surface area contributed by atoms with Gasteiger partial charge in [0.1, 0.15) is 5.82 Å². The van der Waals surface area contributed by atoms with E-state index >= 15 is 0 Å². The molecule has 0 spiro atoms. The molecule has 3 rings (SSSR count). The first-order valence-corrected chi connectivity index (χ1v) is 5.91. The van der Waals surface area contributed by atoms with Crippen LogP contribution in [0.5, 0.6) is 5.88 Å². The summed E-state index contributed by atoms with van der Waals surface area (Å²) in [6.45, 7) is 0. The summed E-state index contributed by atoms with van der Waals surface area (Å²) in [7, 11) is 1.61. The van der Waals surface area contributed by atoms with Crippen LogP contribution < -0.4 is 10.5 Å². The molecule has 1 fully saturated rings. The summed E-state index contributed by atoms with van der Waals surface area (Å²) in [5, 5.41) is 4.32. The minimum atomic E-state index is 0.503. The highest BCUT2D eigenvalue weighted by molar-refractivity contribution is 7.09. The van der Waals surface area contributed by atoms with Crippen molar-refractivity contribution in [3.8, 4) is 16.3 Å². The number of methoxy groups -OCH3 is 1. The Hall–Kier alpha value is -1.56. The van der Waals surface area contributed by atoms with Crippen molar-refractivity contribution in [2.75, 3.05) is 12.8 Å². The second-order valence-electron chi connectivity index (χ2n) is 3.85. The van der Waals surface area contributed by atoms with Gasteiger partial charge < -0.3 is 10.5 Å². The van der Waals surface area contributed by atoms with Crippen LogP contribution in [0.3, 0.4) is 0 Å². The Morgan fingerprint density at radius 1 is 1.56 bits per heavy atom. The van der Waals surface area contributed by atoms with Crippen molar-refractivity contribution in [3.63, 3.8) is 0 Å². The molecule has 0 atom stereocenters. The van der Waals surface area contributed by atoms with Crippen LogP contribution in [0.15, 0.2) is 12.3 Å². The van der Waals surface area contributed by atoms with Crippen LogP contribution in [0.25, 0.3) is 10.4 Å². The molecule has 0 aliphatic heterocycles. The van der Waals surface area contributed by atoms with Crippen molar-refractivity contribution < 1.29 is 4.74 Å². The molecule has 0 amide bonds. The van der Waals surface area contributed by atoms with E-state index in [0.29, 0.717) is 11.9 Å². The van der Waals surface area contributed by atoms with Crippen molar-refractivity contribution in [1.82, 2.24) is 14.2 Å². The lowest BCUT2D eigenvalue weighted by atomic mass is 10.3. The van der Waals surface area contributed by atoms with E-state index in [1.165, 1.54) is 24.4 Å². The molecule has 2 heterocycles. The molecule has 2 aromatic rings. The maximum atomic E-state index is 6.07. The number of anilines is 1. The Morgan fingerprint density at radius 2 is 2.38 bits per heavy atom. The van der Waals surface area contributed by atoms with Gasteiger partial charge in [-0.2, -0.15) is 9.47 Å². The number of aromatic nitrogens is 3. The quantitative estimate of drug-likeness (QED) is 0.884. The van der Waals surface area contributed by atoms with E-state index in [-0.39, 0.29) is 0 Å². The van der Waals surface area contributed by atoms with Gasteiger partial charge in [-0.3, -0.25) is 0 Å². The molecule has 6 heteroatoms. The Bertz CT molecular complexity index is 515. The summed E-state index contributed by atoms with van der Waals surface area (Å²) in [4.78, 5) is 1.00. The van der Waals surface area contributed by atoms with Gasteiger partial charge in [0.2, 0.25) is 5.88 Å². The van der Waals surface area contributed by atoms with E-state index in [2.05, 4.69) is 9.47 Å². The first kappa shape index (κ1) is 9.65. The highest BCUT2D eigenvalue weighted by Crippen LogP contribution is 2.40. The molecule has 1 aliphatic carbocycles. The SMILES string of the molecule is COc1cc(-c2cnn(C3CC3)c2N)sn1. The minimum Gasteiger partial charge on any atom is -0.480 e. The molecule has 0 bridgehead atoms. The molecule has 2 N–H and O–H groups in total. The first-order chi connectivity index (χ1) is 7.79. The molecule has 1 saturated carbocycles. The minimum absolute atomic E-state index is 0.503. The predicted octanol–water partition coefficient (Wildman–Crippen LogP) is 1.93. The third kappa shape index (κ3) is 1.46. The summed E-state index contributed by atoms with van der Waals surface area (Å²) in [6, 6.07) is 2.39. The standard InChI is InChI=1S/C10H12N4OS/c1-15-9-4-8(16-13-9)7-5-12-14(10(7)11)6-2-3-6/h4-6H,2-3,11H2,1H3. The number of nitrogens with two attached hydrogens (primary N) is 1. The van der Waals surface area contributed by atoms with Crippen LogP contribution in [0, 0.1) is 0 Å².